The normalized spacial score (nSPS) is 17.6. The molecule has 3 heterocycles. The lowest BCUT2D eigenvalue weighted by atomic mass is 9.90. The first-order chi connectivity index (χ1) is 15.7. The van der Waals surface area contributed by atoms with Gasteiger partial charge in [0.15, 0.2) is 5.75 Å². The van der Waals surface area contributed by atoms with E-state index in [-0.39, 0.29) is 18.3 Å². The van der Waals surface area contributed by atoms with Crippen molar-refractivity contribution in [1.82, 2.24) is 14.9 Å². The molecule has 1 atom stereocenters. The van der Waals surface area contributed by atoms with E-state index in [1.165, 1.54) is 0 Å². The molecule has 1 unspecified atom stereocenters. The van der Waals surface area contributed by atoms with E-state index in [1.807, 2.05) is 12.1 Å². The molecule has 8 nitrogen and oxygen atoms in total. The smallest absolute Gasteiger partial charge is 0.307 e. The second kappa shape index (κ2) is 9.19. The van der Waals surface area contributed by atoms with Crippen molar-refractivity contribution in [2.75, 3.05) is 31.6 Å². The molecule has 0 aliphatic carbocycles. The van der Waals surface area contributed by atoms with Gasteiger partial charge in [-0.1, -0.05) is 25.4 Å². The van der Waals surface area contributed by atoms with Gasteiger partial charge >= 0.3 is 5.97 Å². The molecule has 33 heavy (non-hydrogen) atoms. The topological polar surface area (TPSA) is 96.5 Å². The number of cyclic esters (lactones) is 1. The summed E-state index contributed by atoms with van der Waals surface area (Å²) in [5, 5.41) is 5.18. The molecule has 0 saturated carbocycles. The zero-order valence-corrected chi connectivity index (χ0v) is 20.1. The van der Waals surface area contributed by atoms with Gasteiger partial charge in [0.25, 0.3) is 0 Å². The lowest BCUT2D eigenvalue weighted by Gasteiger charge is -2.25. The average Bonchev–Trinajstić information content (AvgIpc) is 3.28. The van der Waals surface area contributed by atoms with E-state index in [0.29, 0.717) is 28.6 Å². The van der Waals surface area contributed by atoms with E-state index < -0.39 is 11.5 Å². The first-order valence-electron chi connectivity index (χ1n) is 11.2. The van der Waals surface area contributed by atoms with Gasteiger partial charge in [0.05, 0.1) is 34.6 Å². The van der Waals surface area contributed by atoms with Crippen molar-refractivity contribution in [2.24, 2.45) is 5.92 Å². The van der Waals surface area contributed by atoms with Crippen LogP contribution in [0.2, 0.25) is 5.02 Å². The molecule has 1 aromatic carbocycles. The molecule has 1 aliphatic heterocycles. The zero-order chi connectivity index (χ0) is 23.8. The zero-order valence-electron chi connectivity index (χ0n) is 19.3. The Morgan fingerprint density at radius 3 is 2.79 bits per heavy atom. The Morgan fingerprint density at radius 1 is 1.36 bits per heavy atom. The lowest BCUT2D eigenvalue weighted by molar-refractivity contribution is -0.147. The molecule has 0 radical (unpaired) electrons. The Hall–Kier alpha value is -2.84. The van der Waals surface area contributed by atoms with E-state index in [0.717, 1.165) is 35.9 Å². The molecule has 1 fully saturated rings. The average molecular weight is 473 g/mol. The number of likely N-dealkylation sites (N-methyl/N-ethyl adjacent to an activating group) is 1. The van der Waals surface area contributed by atoms with Gasteiger partial charge in [0.2, 0.25) is 5.91 Å². The monoisotopic (exact) mass is 472 g/mol. The van der Waals surface area contributed by atoms with E-state index in [2.05, 4.69) is 34.0 Å². The number of aromatic amines is 1. The Labute approximate surface area is 197 Å². The van der Waals surface area contributed by atoms with Crippen molar-refractivity contribution < 1.29 is 19.1 Å². The first kappa shape index (κ1) is 23.3. The Bertz CT molecular complexity index is 1200. The van der Waals surface area contributed by atoms with Crippen LogP contribution in [0, 0.1) is 5.92 Å². The second-order valence-corrected chi connectivity index (χ2v) is 9.14. The fourth-order valence-electron chi connectivity index (χ4n) is 4.35. The number of fused-ring (bicyclic) bond motifs is 3. The molecule has 1 saturated heterocycles. The fraction of sp³-hybridized carbons (Fsp3) is 0.458. The van der Waals surface area contributed by atoms with E-state index in [9.17, 15) is 9.59 Å². The molecule has 1 amide bonds. The number of halogens is 1. The van der Waals surface area contributed by atoms with Crippen LogP contribution in [0.4, 0.5) is 5.69 Å². The van der Waals surface area contributed by atoms with Crippen LogP contribution in [-0.4, -0.2) is 58.6 Å². The van der Waals surface area contributed by atoms with Crippen molar-refractivity contribution in [3.05, 3.63) is 29.5 Å². The van der Waals surface area contributed by atoms with Crippen LogP contribution >= 0.6 is 11.6 Å². The molecule has 176 valence electrons. The summed E-state index contributed by atoms with van der Waals surface area (Å²) in [5.41, 5.74) is 1.07. The van der Waals surface area contributed by atoms with Gasteiger partial charge in [-0.15, -0.1) is 0 Å². The van der Waals surface area contributed by atoms with Crippen LogP contribution in [-0.2, 0) is 14.3 Å². The summed E-state index contributed by atoms with van der Waals surface area (Å²) in [6.07, 6.45) is 3.46. The molecular weight excluding hydrogens is 444 g/mol. The van der Waals surface area contributed by atoms with Gasteiger partial charge in [-0.25, -0.2) is 0 Å². The standard InChI is InChI=1S/C24H29ClN4O4/c1-5-29(6-2)9-10-32-22-17(25)11-15-14-7-8-26-13-18(14)27-20(15)21(22)28-23(31)16-12-19(30)33-24(16,3)4/h7-8,11,13,16,27H,5-6,9-10,12H2,1-4H3,(H,28,31). The highest BCUT2D eigenvalue weighted by molar-refractivity contribution is 6.35. The number of nitrogens with one attached hydrogen (secondary N) is 2. The fourth-order valence-corrected chi connectivity index (χ4v) is 4.61. The molecule has 3 aromatic rings. The minimum Gasteiger partial charge on any atom is -0.488 e. The molecule has 1 aliphatic rings. The predicted molar refractivity (Wildman–Crippen MR) is 129 cm³/mol. The number of anilines is 1. The molecular formula is C24H29ClN4O4. The van der Waals surface area contributed by atoms with Gasteiger partial charge in [-0.2, -0.15) is 0 Å². The number of pyridine rings is 1. The number of H-pyrrole nitrogens is 1. The maximum absolute atomic E-state index is 13.3. The number of benzene rings is 1. The first-order valence-corrected chi connectivity index (χ1v) is 11.6. The van der Waals surface area contributed by atoms with Crippen LogP contribution in [0.25, 0.3) is 21.8 Å². The highest BCUT2D eigenvalue weighted by Crippen LogP contribution is 2.43. The number of ether oxygens (including phenoxy) is 2. The predicted octanol–water partition coefficient (Wildman–Crippen LogP) is 4.37. The van der Waals surface area contributed by atoms with Crippen LogP contribution in [0.3, 0.4) is 0 Å². The van der Waals surface area contributed by atoms with Gasteiger partial charge in [-0.05, 0) is 39.1 Å². The van der Waals surface area contributed by atoms with Crippen molar-refractivity contribution in [1.29, 1.82) is 0 Å². The van der Waals surface area contributed by atoms with Gasteiger partial charge in [-0.3, -0.25) is 14.6 Å². The minimum absolute atomic E-state index is 0.0251. The third-order valence-electron chi connectivity index (χ3n) is 6.31. The van der Waals surface area contributed by atoms with E-state index in [1.54, 1.807) is 26.2 Å². The highest BCUT2D eigenvalue weighted by Gasteiger charge is 2.46. The minimum atomic E-state index is -0.896. The molecule has 2 aromatic heterocycles. The van der Waals surface area contributed by atoms with Crippen molar-refractivity contribution >= 4 is 51.0 Å². The quantitative estimate of drug-likeness (QED) is 0.472. The summed E-state index contributed by atoms with van der Waals surface area (Å²) in [6, 6.07) is 3.73. The second-order valence-electron chi connectivity index (χ2n) is 8.73. The van der Waals surface area contributed by atoms with Gasteiger partial charge < -0.3 is 24.7 Å². The van der Waals surface area contributed by atoms with E-state index >= 15 is 0 Å². The van der Waals surface area contributed by atoms with Crippen LogP contribution in [0.1, 0.15) is 34.1 Å². The summed E-state index contributed by atoms with van der Waals surface area (Å²) in [6.45, 7) is 10.6. The van der Waals surface area contributed by atoms with Gasteiger partial charge in [0.1, 0.15) is 17.9 Å². The number of esters is 1. The molecule has 2 N–H and O–H groups in total. The third-order valence-corrected chi connectivity index (χ3v) is 6.59. The maximum Gasteiger partial charge on any atom is 0.307 e. The highest BCUT2D eigenvalue weighted by atomic mass is 35.5. The lowest BCUT2D eigenvalue weighted by Crippen LogP contribution is -2.36. The van der Waals surface area contributed by atoms with Crippen LogP contribution in [0.15, 0.2) is 24.5 Å². The molecule has 4 rings (SSSR count). The number of hydrogen-bond acceptors (Lipinski definition) is 6. The number of carbonyl (C=O) groups excluding carboxylic acids is 2. The molecule has 0 bridgehead atoms. The summed E-state index contributed by atoms with van der Waals surface area (Å²) in [5.74, 6) is -0.940. The maximum atomic E-state index is 13.3. The van der Waals surface area contributed by atoms with Crippen molar-refractivity contribution in [2.45, 2.75) is 39.7 Å². The summed E-state index contributed by atoms with van der Waals surface area (Å²) in [7, 11) is 0. The number of amides is 1. The summed E-state index contributed by atoms with van der Waals surface area (Å²) in [4.78, 5) is 34.9. The summed E-state index contributed by atoms with van der Waals surface area (Å²) >= 11 is 6.67. The molecule has 9 heteroatoms. The van der Waals surface area contributed by atoms with E-state index in [4.69, 9.17) is 21.1 Å². The number of aromatic nitrogens is 2. The third kappa shape index (κ3) is 4.50. The Kier molecular flexibility index (Phi) is 6.50. The number of nitrogens with zero attached hydrogens (tertiary/aromatic N) is 2. The van der Waals surface area contributed by atoms with Crippen LogP contribution < -0.4 is 10.1 Å². The summed E-state index contributed by atoms with van der Waals surface area (Å²) < 4.78 is 11.5. The largest absolute Gasteiger partial charge is 0.488 e. The Morgan fingerprint density at radius 2 is 2.12 bits per heavy atom. The number of hydrogen-bond donors (Lipinski definition) is 2. The number of carbonyl (C=O) groups is 2. The van der Waals surface area contributed by atoms with Crippen molar-refractivity contribution in [3.63, 3.8) is 0 Å². The molecule has 0 spiro atoms. The van der Waals surface area contributed by atoms with Crippen molar-refractivity contribution in [3.8, 4) is 5.75 Å². The SMILES string of the molecule is CCN(CC)CCOc1c(Cl)cc2c([nH]c3cnccc32)c1NC(=O)C1CC(=O)OC1(C)C. The Balaban J connectivity index is 1.75. The number of rotatable bonds is 8. The van der Waals surface area contributed by atoms with Gasteiger partial charge in [0, 0.05) is 23.5 Å². The van der Waals surface area contributed by atoms with Crippen LogP contribution in [0.5, 0.6) is 5.75 Å².